The number of rotatable bonds is 5. The maximum Gasteiger partial charge on any atom is 0.0826 e. The van der Waals surface area contributed by atoms with Gasteiger partial charge in [-0.25, -0.2) is 0 Å². The zero-order valence-corrected chi connectivity index (χ0v) is 11.0. The van der Waals surface area contributed by atoms with E-state index in [0.717, 1.165) is 32.2 Å². The van der Waals surface area contributed by atoms with Gasteiger partial charge in [0.1, 0.15) is 0 Å². The van der Waals surface area contributed by atoms with E-state index in [1.165, 1.54) is 19.4 Å². The van der Waals surface area contributed by atoms with Gasteiger partial charge in [0.2, 0.25) is 0 Å². The highest BCUT2D eigenvalue weighted by atomic mass is 16.5. The highest BCUT2D eigenvalue weighted by Gasteiger charge is 2.44. The summed E-state index contributed by atoms with van der Waals surface area (Å²) >= 11 is 0. The number of nitrogens with zero attached hydrogens (tertiary/aromatic N) is 1. The van der Waals surface area contributed by atoms with Gasteiger partial charge < -0.3 is 15.0 Å². The monoisotopic (exact) mass is 226 g/mol. The second-order valence-corrected chi connectivity index (χ2v) is 5.90. The van der Waals surface area contributed by atoms with Crippen LogP contribution in [0.5, 0.6) is 0 Å². The molecule has 1 aliphatic heterocycles. The third-order valence-corrected chi connectivity index (χ3v) is 4.31. The molecule has 16 heavy (non-hydrogen) atoms. The molecule has 3 heteroatoms. The Morgan fingerprint density at radius 2 is 2.19 bits per heavy atom. The van der Waals surface area contributed by atoms with E-state index in [-0.39, 0.29) is 0 Å². The van der Waals surface area contributed by atoms with Crippen LogP contribution in [0.4, 0.5) is 0 Å². The van der Waals surface area contributed by atoms with Gasteiger partial charge in [-0.3, -0.25) is 0 Å². The molecule has 0 aromatic rings. The van der Waals surface area contributed by atoms with Crippen LogP contribution in [0.2, 0.25) is 0 Å². The maximum absolute atomic E-state index is 5.74. The molecule has 3 nitrogen and oxygen atoms in total. The Labute approximate surface area is 99.5 Å². The number of ether oxygens (including phenoxy) is 1. The lowest BCUT2D eigenvalue weighted by Crippen LogP contribution is -2.45. The molecular weight excluding hydrogens is 200 g/mol. The van der Waals surface area contributed by atoms with Gasteiger partial charge >= 0.3 is 0 Å². The average molecular weight is 226 g/mol. The van der Waals surface area contributed by atoms with Crippen molar-refractivity contribution in [2.75, 3.05) is 39.8 Å². The van der Waals surface area contributed by atoms with Gasteiger partial charge in [-0.2, -0.15) is 0 Å². The Kier molecular flexibility index (Phi) is 3.88. The van der Waals surface area contributed by atoms with Crippen LogP contribution < -0.4 is 5.32 Å². The molecular formula is C13H26N2O. The molecule has 94 valence electrons. The Morgan fingerprint density at radius 1 is 1.44 bits per heavy atom. The molecule has 0 spiro atoms. The summed E-state index contributed by atoms with van der Waals surface area (Å²) < 4.78 is 5.74. The van der Waals surface area contributed by atoms with Gasteiger partial charge in [0.15, 0.2) is 0 Å². The van der Waals surface area contributed by atoms with E-state index in [9.17, 15) is 0 Å². The Balaban J connectivity index is 1.64. The Hall–Kier alpha value is -0.120. The molecule has 1 aliphatic carbocycles. The van der Waals surface area contributed by atoms with Gasteiger partial charge in [0, 0.05) is 26.2 Å². The van der Waals surface area contributed by atoms with Crippen molar-refractivity contribution in [3.63, 3.8) is 0 Å². The summed E-state index contributed by atoms with van der Waals surface area (Å²) in [6.45, 7) is 9.92. The second-order valence-electron chi connectivity index (χ2n) is 5.90. The molecule has 2 rings (SSSR count). The fraction of sp³-hybridized carbons (Fsp3) is 1.00. The van der Waals surface area contributed by atoms with Crippen LogP contribution in [0.25, 0.3) is 0 Å². The minimum absolute atomic E-state index is 0.390. The molecule has 1 saturated carbocycles. The van der Waals surface area contributed by atoms with E-state index >= 15 is 0 Å². The van der Waals surface area contributed by atoms with Crippen LogP contribution in [-0.2, 0) is 4.74 Å². The van der Waals surface area contributed by atoms with Crippen molar-refractivity contribution in [2.45, 2.75) is 32.8 Å². The van der Waals surface area contributed by atoms with Crippen molar-refractivity contribution in [1.82, 2.24) is 10.2 Å². The second kappa shape index (κ2) is 5.03. The van der Waals surface area contributed by atoms with E-state index < -0.39 is 0 Å². The summed E-state index contributed by atoms with van der Waals surface area (Å²) in [5, 5.41) is 3.61. The van der Waals surface area contributed by atoms with Crippen LogP contribution in [0.1, 0.15) is 26.7 Å². The van der Waals surface area contributed by atoms with Gasteiger partial charge in [-0.05, 0) is 31.2 Å². The Morgan fingerprint density at radius 3 is 2.75 bits per heavy atom. The van der Waals surface area contributed by atoms with E-state index in [1.807, 2.05) is 0 Å². The molecule has 0 aromatic heterocycles. The van der Waals surface area contributed by atoms with Crippen molar-refractivity contribution in [1.29, 1.82) is 0 Å². The van der Waals surface area contributed by atoms with Crippen molar-refractivity contribution in [3.8, 4) is 0 Å². The molecule has 0 radical (unpaired) electrons. The fourth-order valence-corrected chi connectivity index (χ4v) is 2.59. The van der Waals surface area contributed by atoms with Gasteiger partial charge in [0.25, 0.3) is 0 Å². The lowest BCUT2D eigenvalue weighted by Gasteiger charge is -2.31. The molecule has 1 unspecified atom stereocenters. The normalized spacial score (nSPS) is 29.6. The molecule has 1 atom stereocenters. The first-order valence-electron chi connectivity index (χ1n) is 6.63. The fourth-order valence-electron chi connectivity index (χ4n) is 2.59. The van der Waals surface area contributed by atoms with E-state index in [0.29, 0.717) is 11.5 Å². The van der Waals surface area contributed by atoms with Crippen molar-refractivity contribution < 1.29 is 4.74 Å². The zero-order valence-electron chi connectivity index (χ0n) is 11.0. The predicted octanol–water partition coefficient (Wildman–Crippen LogP) is 1.34. The molecule has 1 heterocycles. The summed E-state index contributed by atoms with van der Waals surface area (Å²) in [6, 6.07) is 0. The predicted molar refractivity (Wildman–Crippen MR) is 66.6 cm³/mol. The number of nitrogens with one attached hydrogen (secondary N) is 1. The first-order valence-corrected chi connectivity index (χ1v) is 6.63. The standard InChI is InChI=1S/C13H26N2O/c1-11(2)13(4-5-13)10-14-8-12-9-15(3)6-7-16-12/h11-12,14H,4-10H2,1-3H3. The number of hydrogen-bond acceptors (Lipinski definition) is 3. The molecule has 0 amide bonds. The van der Waals surface area contributed by atoms with Crippen LogP contribution in [0.3, 0.4) is 0 Å². The van der Waals surface area contributed by atoms with Gasteiger partial charge in [-0.1, -0.05) is 13.8 Å². The summed E-state index contributed by atoms with van der Waals surface area (Å²) in [6.07, 6.45) is 3.20. The molecule has 1 saturated heterocycles. The zero-order chi connectivity index (χ0) is 11.6. The lowest BCUT2D eigenvalue weighted by molar-refractivity contribution is -0.0187. The maximum atomic E-state index is 5.74. The quantitative estimate of drug-likeness (QED) is 0.766. The van der Waals surface area contributed by atoms with Crippen LogP contribution in [0, 0.1) is 11.3 Å². The van der Waals surface area contributed by atoms with Crippen molar-refractivity contribution in [2.24, 2.45) is 11.3 Å². The van der Waals surface area contributed by atoms with Crippen LogP contribution in [-0.4, -0.2) is 50.8 Å². The minimum atomic E-state index is 0.390. The molecule has 2 fully saturated rings. The van der Waals surface area contributed by atoms with Crippen LogP contribution in [0.15, 0.2) is 0 Å². The lowest BCUT2D eigenvalue weighted by atomic mass is 9.92. The van der Waals surface area contributed by atoms with Gasteiger partial charge in [0.05, 0.1) is 12.7 Å². The smallest absolute Gasteiger partial charge is 0.0826 e. The van der Waals surface area contributed by atoms with Crippen molar-refractivity contribution >= 4 is 0 Å². The highest BCUT2D eigenvalue weighted by Crippen LogP contribution is 2.51. The van der Waals surface area contributed by atoms with E-state index in [1.54, 1.807) is 0 Å². The molecule has 0 aromatic carbocycles. The van der Waals surface area contributed by atoms with Crippen molar-refractivity contribution in [3.05, 3.63) is 0 Å². The van der Waals surface area contributed by atoms with E-state index in [2.05, 4.69) is 31.1 Å². The number of morpholine rings is 1. The Bertz CT molecular complexity index is 226. The third-order valence-electron chi connectivity index (χ3n) is 4.31. The van der Waals surface area contributed by atoms with Crippen LogP contribution >= 0.6 is 0 Å². The third kappa shape index (κ3) is 2.96. The summed E-state index contributed by atoms with van der Waals surface area (Å²) in [5.41, 5.74) is 0.612. The molecule has 1 N–H and O–H groups in total. The molecule has 2 aliphatic rings. The summed E-state index contributed by atoms with van der Waals surface area (Å²) in [4.78, 5) is 2.35. The summed E-state index contributed by atoms with van der Waals surface area (Å²) in [7, 11) is 2.17. The first kappa shape index (κ1) is 12.3. The highest BCUT2D eigenvalue weighted by molar-refractivity contribution is 4.97. The average Bonchev–Trinajstić information content (AvgIpc) is 2.99. The number of hydrogen-bond donors (Lipinski definition) is 1. The first-order chi connectivity index (χ1) is 7.62. The topological polar surface area (TPSA) is 24.5 Å². The molecule has 0 bridgehead atoms. The largest absolute Gasteiger partial charge is 0.374 e. The minimum Gasteiger partial charge on any atom is -0.374 e. The SMILES string of the molecule is CC(C)C1(CNCC2CN(C)CCO2)CC1. The summed E-state index contributed by atoms with van der Waals surface area (Å²) in [5.74, 6) is 0.815. The van der Waals surface area contributed by atoms with Gasteiger partial charge in [-0.15, -0.1) is 0 Å². The number of likely N-dealkylation sites (N-methyl/N-ethyl adjacent to an activating group) is 1. The van der Waals surface area contributed by atoms with E-state index in [4.69, 9.17) is 4.74 Å².